The van der Waals surface area contributed by atoms with Crippen molar-refractivity contribution in [2.45, 2.75) is 5.92 Å². The topological polar surface area (TPSA) is 50.1 Å². The lowest BCUT2D eigenvalue weighted by molar-refractivity contribution is 0.0978. The van der Waals surface area contributed by atoms with E-state index in [0.717, 1.165) is 10.5 Å². The van der Waals surface area contributed by atoms with E-state index in [0.29, 0.717) is 5.56 Å². The van der Waals surface area contributed by atoms with Gasteiger partial charge in [0.05, 0.1) is 13.2 Å². The van der Waals surface area contributed by atoms with Gasteiger partial charge in [-0.15, -0.1) is 0 Å². The zero-order chi connectivity index (χ0) is 15.4. The third-order valence-corrected chi connectivity index (χ3v) is 3.50. The van der Waals surface area contributed by atoms with Gasteiger partial charge >= 0.3 is 0 Å². The summed E-state index contributed by atoms with van der Waals surface area (Å²) >= 11 is 3.30. The van der Waals surface area contributed by atoms with Gasteiger partial charge in [0, 0.05) is 10.0 Å². The number of ketones is 1. The van der Waals surface area contributed by atoms with Crippen LogP contribution in [0.2, 0.25) is 0 Å². The maximum absolute atomic E-state index is 13.7. The molecule has 0 aliphatic heterocycles. The van der Waals surface area contributed by atoms with E-state index >= 15 is 0 Å². The number of nitriles is 1. The molecule has 0 bridgehead atoms. The van der Waals surface area contributed by atoms with Crippen LogP contribution in [0.5, 0.6) is 5.75 Å². The van der Waals surface area contributed by atoms with Crippen LogP contribution in [-0.4, -0.2) is 12.9 Å². The Morgan fingerprint density at radius 1 is 1.33 bits per heavy atom. The van der Waals surface area contributed by atoms with Gasteiger partial charge in [-0.1, -0.05) is 28.1 Å². The molecule has 2 aromatic rings. The Hall–Kier alpha value is -2.19. The zero-order valence-corrected chi connectivity index (χ0v) is 12.7. The number of methoxy groups -OCH3 is 1. The average Bonchev–Trinajstić information content (AvgIpc) is 2.48. The highest BCUT2D eigenvalue weighted by molar-refractivity contribution is 9.10. The molecule has 1 unspecified atom stereocenters. The predicted molar refractivity (Wildman–Crippen MR) is 79.8 cm³/mol. The number of halogens is 2. The fourth-order valence-electron chi connectivity index (χ4n) is 1.96. The first-order chi connectivity index (χ1) is 10.1. The molecule has 2 rings (SSSR count). The molecule has 0 N–H and O–H groups in total. The van der Waals surface area contributed by atoms with Gasteiger partial charge in [0.15, 0.2) is 17.3 Å². The molecule has 0 heterocycles. The Kier molecular flexibility index (Phi) is 4.71. The zero-order valence-electron chi connectivity index (χ0n) is 11.1. The van der Waals surface area contributed by atoms with E-state index < -0.39 is 17.5 Å². The summed E-state index contributed by atoms with van der Waals surface area (Å²) in [4.78, 5) is 12.4. The molecule has 0 amide bonds. The lowest BCUT2D eigenvalue weighted by atomic mass is 9.92. The predicted octanol–water partition coefficient (Wildman–Crippen LogP) is 4.09. The van der Waals surface area contributed by atoms with Crippen molar-refractivity contribution in [2.75, 3.05) is 7.11 Å². The first kappa shape index (κ1) is 15.2. The van der Waals surface area contributed by atoms with E-state index in [1.165, 1.54) is 19.2 Å². The van der Waals surface area contributed by atoms with Gasteiger partial charge in [-0.2, -0.15) is 5.26 Å². The number of nitrogens with zero attached hydrogens (tertiary/aromatic N) is 1. The van der Waals surface area contributed by atoms with Crippen molar-refractivity contribution in [3.8, 4) is 11.8 Å². The van der Waals surface area contributed by atoms with Gasteiger partial charge in [-0.3, -0.25) is 4.79 Å². The van der Waals surface area contributed by atoms with Gasteiger partial charge in [-0.25, -0.2) is 4.39 Å². The lowest BCUT2D eigenvalue weighted by Gasteiger charge is -2.10. The van der Waals surface area contributed by atoms with E-state index in [-0.39, 0.29) is 11.3 Å². The van der Waals surface area contributed by atoms with Crippen molar-refractivity contribution in [3.05, 3.63) is 63.9 Å². The molecular weight excluding hydrogens is 337 g/mol. The van der Waals surface area contributed by atoms with E-state index in [1.54, 1.807) is 24.3 Å². The second kappa shape index (κ2) is 6.51. The molecule has 0 aliphatic carbocycles. The molecule has 1 atom stereocenters. The highest BCUT2D eigenvalue weighted by Gasteiger charge is 2.23. The minimum atomic E-state index is -0.977. The average molecular weight is 348 g/mol. The first-order valence-electron chi connectivity index (χ1n) is 6.09. The highest BCUT2D eigenvalue weighted by Crippen LogP contribution is 2.25. The number of hydrogen-bond donors (Lipinski definition) is 0. The maximum Gasteiger partial charge on any atom is 0.184 e. The standard InChI is InChI=1S/C16H11BrFNO2/c1-21-15-6-5-11(8-14(15)18)16(20)13(9-19)10-3-2-4-12(17)7-10/h2-8,13H,1H3. The second-order valence-corrected chi connectivity index (χ2v) is 5.25. The molecule has 0 spiro atoms. The Bertz CT molecular complexity index is 724. The first-order valence-corrected chi connectivity index (χ1v) is 6.89. The number of hydrogen-bond acceptors (Lipinski definition) is 3. The fraction of sp³-hybridized carbons (Fsp3) is 0.125. The minimum absolute atomic E-state index is 0.0579. The Balaban J connectivity index is 2.37. The Labute approximate surface area is 130 Å². The molecule has 2 aromatic carbocycles. The number of carbonyl (C=O) groups is 1. The van der Waals surface area contributed by atoms with Crippen molar-refractivity contribution < 1.29 is 13.9 Å². The molecular formula is C16H11BrFNO2. The van der Waals surface area contributed by atoms with Crippen molar-refractivity contribution >= 4 is 21.7 Å². The Morgan fingerprint density at radius 2 is 2.10 bits per heavy atom. The summed E-state index contributed by atoms with van der Waals surface area (Å²) in [5.41, 5.74) is 0.702. The van der Waals surface area contributed by atoms with E-state index in [9.17, 15) is 14.4 Å². The normalized spacial score (nSPS) is 11.5. The van der Waals surface area contributed by atoms with Crippen LogP contribution in [0.1, 0.15) is 21.8 Å². The number of rotatable bonds is 4. The van der Waals surface area contributed by atoms with Crippen LogP contribution in [0.15, 0.2) is 46.9 Å². The summed E-state index contributed by atoms with van der Waals surface area (Å²) < 4.78 is 19.3. The molecule has 106 valence electrons. The Morgan fingerprint density at radius 3 is 2.67 bits per heavy atom. The van der Waals surface area contributed by atoms with Crippen LogP contribution < -0.4 is 4.74 Å². The minimum Gasteiger partial charge on any atom is -0.494 e. The van der Waals surface area contributed by atoms with Crippen LogP contribution in [0.3, 0.4) is 0 Å². The van der Waals surface area contributed by atoms with Crippen LogP contribution in [-0.2, 0) is 0 Å². The number of benzene rings is 2. The molecule has 0 saturated heterocycles. The fourth-order valence-corrected chi connectivity index (χ4v) is 2.37. The smallest absolute Gasteiger partial charge is 0.184 e. The van der Waals surface area contributed by atoms with E-state index in [2.05, 4.69) is 15.9 Å². The lowest BCUT2D eigenvalue weighted by Crippen LogP contribution is -2.11. The van der Waals surface area contributed by atoms with Gasteiger partial charge in [0.25, 0.3) is 0 Å². The monoisotopic (exact) mass is 347 g/mol. The quantitative estimate of drug-likeness (QED) is 0.782. The molecule has 0 aliphatic rings. The molecule has 3 nitrogen and oxygen atoms in total. The van der Waals surface area contributed by atoms with E-state index in [1.807, 2.05) is 6.07 Å². The number of carbonyl (C=O) groups excluding carboxylic acids is 1. The van der Waals surface area contributed by atoms with E-state index in [4.69, 9.17) is 4.74 Å². The van der Waals surface area contributed by atoms with Crippen LogP contribution >= 0.6 is 15.9 Å². The maximum atomic E-state index is 13.7. The largest absolute Gasteiger partial charge is 0.494 e. The third-order valence-electron chi connectivity index (χ3n) is 3.01. The summed E-state index contributed by atoms with van der Waals surface area (Å²) in [6.45, 7) is 0. The summed E-state index contributed by atoms with van der Waals surface area (Å²) in [6.07, 6.45) is 0. The van der Waals surface area contributed by atoms with Crippen molar-refractivity contribution in [1.82, 2.24) is 0 Å². The molecule has 5 heteroatoms. The van der Waals surface area contributed by atoms with Crippen molar-refractivity contribution in [1.29, 1.82) is 5.26 Å². The molecule has 0 saturated carbocycles. The molecule has 0 aromatic heterocycles. The van der Waals surface area contributed by atoms with Crippen LogP contribution in [0, 0.1) is 17.1 Å². The summed E-state index contributed by atoms with van der Waals surface area (Å²) in [5.74, 6) is -2.00. The van der Waals surface area contributed by atoms with Gasteiger partial charge in [-0.05, 0) is 35.9 Å². The van der Waals surface area contributed by atoms with Crippen molar-refractivity contribution in [2.24, 2.45) is 0 Å². The van der Waals surface area contributed by atoms with Crippen LogP contribution in [0.25, 0.3) is 0 Å². The summed E-state index contributed by atoms with van der Waals surface area (Å²) in [6, 6.07) is 12.8. The summed E-state index contributed by atoms with van der Waals surface area (Å²) in [7, 11) is 1.35. The van der Waals surface area contributed by atoms with Crippen molar-refractivity contribution in [3.63, 3.8) is 0 Å². The highest BCUT2D eigenvalue weighted by atomic mass is 79.9. The number of Topliss-reactive ketones (excluding diaryl/α,β-unsaturated/α-hetero) is 1. The number of ether oxygens (including phenoxy) is 1. The van der Waals surface area contributed by atoms with Gasteiger partial charge in [0.1, 0.15) is 5.92 Å². The van der Waals surface area contributed by atoms with Gasteiger partial charge < -0.3 is 4.74 Å². The summed E-state index contributed by atoms with van der Waals surface area (Å²) in [5, 5.41) is 9.27. The third kappa shape index (κ3) is 3.29. The van der Waals surface area contributed by atoms with Gasteiger partial charge in [0.2, 0.25) is 0 Å². The van der Waals surface area contributed by atoms with Crippen LogP contribution in [0.4, 0.5) is 4.39 Å². The molecule has 0 fully saturated rings. The molecule has 21 heavy (non-hydrogen) atoms. The molecule has 0 radical (unpaired) electrons. The second-order valence-electron chi connectivity index (χ2n) is 4.33. The SMILES string of the molecule is COc1ccc(C(=O)C(C#N)c2cccc(Br)c2)cc1F.